The van der Waals surface area contributed by atoms with Crippen molar-refractivity contribution in [2.45, 2.75) is 65.0 Å². The SMILES string of the molecule is CC(C)Nc1ccccc1C(=O)NC1CCCCCC1C. The van der Waals surface area contributed by atoms with Crippen LogP contribution >= 0.6 is 0 Å². The van der Waals surface area contributed by atoms with E-state index in [4.69, 9.17) is 0 Å². The zero-order chi connectivity index (χ0) is 15.2. The van der Waals surface area contributed by atoms with Crippen molar-refractivity contribution in [2.24, 2.45) is 5.92 Å². The van der Waals surface area contributed by atoms with Crippen LogP contribution in [0.3, 0.4) is 0 Å². The van der Waals surface area contributed by atoms with E-state index < -0.39 is 0 Å². The van der Waals surface area contributed by atoms with Gasteiger partial charge in [-0.1, -0.05) is 38.3 Å². The molecule has 0 radical (unpaired) electrons. The molecule has 0 spiro atoms. The summed E-state index contributed by atoms with van der Waals surface area (Å²) >= 11 is 0. The third-order valence-electron chi connectivity index (χ3n) is 4.29. The smallest absolute Gasteiger partial charge is 0.253 e. The molecule has 2 rings (SSSR count). The van der Waals surface area contributed by atoms with Crippen molar-refractivity contribution in [2.75, 3.05) is 5.32 Å². The molecule has 0 bridgehead atoms. The molecule has 3 heteroatoms. The van der Waals surface area contributed by atoms with Gasteiger partial charge < -0.3 is 10.6 Å². The topological polar surface area (TPSA) is 41.1 Å². The molecule has 1 fully saturated rings. The van der Waals surface area contributed by atoms with E-state index in [2.05, 4.69) is 31.4 Å². The van der Waals surface area contributed by atoms with E-state index >= 15 is 0 Å². The summed E-state index contributed by atoms with van der Waals surface area (Å²) in [5, 5.41) is 6.61. The molecule has 0 heterocycles. The molecule has 0 saturated heterocycles. The molecule has 2 N–H and O–H groups in total. The van der Waals surface area contributed by atoms with E-state index in [0.29, 0.717) is 18.0 Å². The van der Waals surface area contributed by atoms with E-state index in [1.54, 1.807) is 0 Å². The first kappa shape index (κ1) is 15.9. The maximum Gasteiger partial charge on any atom is 0.253 e. The number of hydrogen-bond donors (Lipinski definition) is 2. The normalized spacial score (nSPS) is 22.7. The number of para-hydroxylation sites is 1. The Morgan fingerprint density at radius 3 is 2.62 bits per heavy atom. The van der Waals surface area contributed by atoms with Gasteiger partial charge in [-0.05, 0) is 44.7 Å². The van der Waals surface area contributed by atoms with E-state index in [0.717, 1.165) is 17.7 Å². The van der Waals surface area contributed by atoms with Gasteiger partial charge in [-0.15, -0.1) is 0 Å². The Morgan fingerprint density at radius 1 is 1.14 bits per heavy atom. The summed E-state index contributed by atoms with van der Waals surface area (Å²) in [6, 6.07) is 8.40. The van der Waals surface area contributed by atoms with Crippen molar-refractivity contribution in [1.29, 1.82) is 0 Å². The van der Waals surface area contributed by atoms with Crippen molar-refractivity contribution < 1.29 is 4.79 Å². The molecule has 2 atom stereocenters. The van der Waals surface area contributed by atoms with Crippen LogP contribution in [0.2, 0.25) is 0 Å². The maximum absolute atomic E-state index is 12.6. The summed E-state index contributed by atoms with van der Waals surface area (Å²) in [7, 11) is 0. The Morgan fingerprint density at radius 2 is 1.86 bits per heavy atom. The van der Waals surface area contributed by atoms with Crippen LogP contribution in [0, 0.1) is 5.92 Å². The number of hydrogen-bond acceptors (Lipinski definition) is 2. The lowest BCUT2D eigenvalue weighted by atomic mass is 9.96. The minimum absolute atomic E-state index is 0.0532. The lowest BCUT2D eigenvalue weighted by Gasteiger charge is -2.24. The van der Waals surface area contributed by atoms with Crippen LogP contribution in [0.4, 0.5) is 5.69 Å². The zero-order valence-corrected chi connectivity index (χ0v) is 13.5. The second-order valence-electron chi connectivity index (χ2n) is 6.54. The largest absolute Gasteiger partial charge is 0.382 e. The second kappa shape index (κ2) is 7.48. The molecule has 116 valence electrons. The fourth-order valence-electron chi connectivity index (χ4n) is 3.07. The highest BCUT2D eigenvalue weighted by atomic mass is 16.1. The van der Waals surface area contributed by atoms with Gasteiger partial charge in [0.05, 0.1) is 5.56 Å². The molecule has 0 aliphatic heterocycles. The average molecular weight is 288 g/mol. The van der Waals surface area contributed by atoms with Gasteiger partial charge in [0, 0.05) is 17.8 Å². The van der Waals surface area contributed by atoms with Gasteiger partial charge in [0.1, 0.15) is 0 Å². The molecule has 1 amide bonds. The minimum Gasteiger partial charge on any atom is -0.382 e. The average Bonchev–Trinajstić information content (AvgIpc) is 2.64. The molecular formula is C18H28N2O. The molecular weight excluding hydrogens is 260 g/mol. The Hall–Kier alpha value is -1.51. The van der Waals surface area contributed by atoms with Gasteiger partial charge in [0.15, 0.2) is 0 Å². The van der Waals surface area contributed by atoms with Crippen LogP contribution < -0.4 is 10.6 Å². The highest BCUT2D eigenvalue weighted by molar-refractivity contribution is 5.99. The highest BCUT2D eigenvalue weighted by Gasteiger charge is 2.23. The summed E-state index contributed by atoms with van der Waals surface area (Å²) in [6.45, 7) is 6.43. The van der Waals surface area contributed by atoms with Crippen molar-refractivity contribution in [1.82, 2.24) is 5.32 Å². The molecule has 3 nitrogen and oxygen atoms in total. The Bertz CT molecular complexity index is 470. The predicted octanol–water partition coefficient (Wildman–Crippen LogP) is 4.21. The van der Waals surface area contributed by atoms with E-state index in [-0.39, 0.29) is 5.91 Å². The van der Waals surface area contributed by atoms with E-state index in [1.807, 2.05) is 24.3 Å². The molecule has 1 saturated carbocycles. The van der Waals surface area contributed by atoms with Gasteiger partial charge in [-0.25, -0.2) is 0 Å². The van der Waals surface area contributed by atoms with Crippen LogP contribution in [0.1, 0.15) is 63.2 Å². The first-order valence-electron chi connectivity index (χ1n) is 8.24. The van der Waals surface area contributed by atoms with Crippen molar-refractivity contribution in [3.63, 3.8) is 0 Å². The summed E-state index contributed by atoms with van der Waals surface area (Å²) in [4.78, 5) is 12.6. The van der Waals surface area contributed by atoms with Crippen molar-refractivity contribution >= 4 is 11.6 Å². The fraction of sp³-hybridized carbons (Fsp3) is 0.611. The number of anilines is 1. The number of nitrogens with one attached hydrogen (secondary N) is 2. The first-order valence-corrected chi connectivity index (χ1v) is 8.24. The summed E-state index contributed by atoms with van der Waals surface area (Å²) in [5.41, 5.74) is 1.67. The number of benzene rings is 1. The van der Waals surface area contributed by atoms with Gasteiger partial charge >= 0.3 is 0 Å². The van der Waals surface area contributed by atoms with E-state index in [9.17, 15) is 4.79 Å². The molecule has 21 heavy (non-hydrogen) atoms. The van der Waals surface area contributed by atoms with E-state index in [1.165, 1.54) is 25.7 Å². The minimum atomic E-state index is 0.0532. The fourth-order valence-corrected chi connectivity index (χ4v) is 3.07. The quantitative estimate of drug-likeness (QED) is 0.815. The van der Waals surface area contributed by atoms with Gasteiger partial charge in [-0.2, -0.15) is 0 Å². The summed E-state index contributed by atoms with van der Waals surface area (Å²) < 4.78 is 0. The molecule has 1 aliphatic carbocycles. The number of amides is 1. The van der Waals surface area contributed by atoms with Crippen LogP contribution in [0.5, 0.6) is 0 Å². The molecule has 1 aliphatic rings. The van der Waals surface area contributed by atoms with Gasteiger partial charge in [0.25, 0.3) is 5.91 Å². The lowest BCUT2D eigenvalue weighted by molar-refractivity contribution is 0.0922. The van der Waals surface area contributed by atoms with Gasteiger partial charge in [-0.3, -0.25) is 4.79 Å². The van der Waals surface area contributed by atoms with Crippen molar-refractivity contribution in [3.8, 4) is 0 Å². The zero-order valence-electron chi connectivity index (χ0n) is 13.5. The maximum atomic E-state index is 12.6. The Kier molecular flexibility index (Phi) is 5.66. The standard InChI is InChI=1S/C18H28N2O/c1-13(2)19-17-12-8-7-10-15(17)18(21)20-16-11-6-4-5-9-14(16)3/h7-8,10,12-14,16,19H,4-6,9,11H2,1-3H3,(H,20,21). The summed E-state index contributed by atoms with van der Waals surface area (Å²) in [6.07, 6.45) is 6.13. The lowest BCUT2D eigenvalue weighted by Crippen LogP contribution is -2.39. The van der Waals surface area contributed by atoms with Crippen LogP contribution in [-0.4, -0.2) is 18.0 Å². The number of carbonyl (C=O) groups is 1. The van der Waals surface area contributed by atoms with Gasteiger partial charge in [0.2, 0.25) is 0 Å². The molecule has 1 aromatic carbocycles. The highest BCUT2D eigenvalue weighted by Crippen LogP contribution is 2.24. The van der Waals surface area contributed by atoms with Crippen molar-refractivity contribution in [3.05, 3.63) is 29.8 Å². The Balaban J connectivity index is 2.09. The monoisotopic (exact) mass is 288 g/mol. The third kappa shape index (κ3) is 4.48. The summed E-state index contributed by atoms with van der Waals surface area (Å²) in [5.74, 6) is 0.624. The van der Waals surface area contributed by atoms with Crippen LogP contribution in [0.25, 0.3) is 0 Å². The number of carbonyl (C=O) groups excluding carboxylic acids is 1. The first-order chi connectivity index (χ1) is 10.1. The second-order valence-corrected chi connectivity index (χ2v) is 6.54. The Labute approximate surface area is 128 Å². The van der Waals surface area contributed by atoms with Crippen LogP contribution in [0.15, 0.2) is 24.3 Å². The predicted molar refractivity (Wildman–Crippen MR) is 88.7 cm³/mol. The molecule has 2 unspecified atom stereocenters. The molecule has 0 aromatic heterocycles. The molecule has 1 aromatic rings. The number of rotatable bonds is 4. The third-order valence-corrected chi connectivity index (χ3v) is 4.29. The van der Waals surface area contributed by atoms with Crippen LogP contribution in [-0.2, 0) is 0 Å².